The van der Waals surface area contributed by atoms with Crippen LogP contribution in [0, 0.1) is 11.6 Å². The highest BCUT2D eigenvalue weighted by Gasteiger charge is 2.09. The molecule has 2 aromatic heterocycles. The van der Waals surface area contributed by atoms with Gasteiger partial charge < -0.3 is 9.88 Å². The van der Waals surface area contributed by atoms with Crippen LogP contribution < -0.4 is 10.9 Å². The number of nitrogens with zero attached hydrogens (tertiary/aromatic N) is 2. The maximum atomic E-state index is 13.3. The lowest BCUT2D eigenvalue weighted by molar-refractivity contribution is 0.102. The quantitative estimate of drug-likeness (QED) is 0.750. The normalized spacial score (nSPS) is 10.6. The second-order valence-electron chi connectivity index (χ2n) is 6.00. The van der Waals surface area contributed by atoms with E-state index in [2.05, 4.69) is 10.3 Å². The van der Waals surface area contributed by atoms with E-state index in [1.807, 2.05) is 6.92 Å². The maximum absolute atomic E-state index is 13.3. The Hall–Kier alpha value is -3.35. The largest absolute Gasteiger partial charge is 0.315 e. The summed E-state index contributed by atoms with van der Waals surface area (Å²) in [5.41, 5.74) is 1.41. The van der Waals surface area contributed by atoms with Crippen molar-refractivity contribution in [2.24, 2.45) is 0 Å². The molecular weight excluding hydrogens is 352 g/mol. The molecule has 0 fully saturated rings. The van der Waals surface area contributed by atoms with E-state index in [0.717, 1.165) is 11.6 Å². The number of hydrogen-bond donors (Lipinski definition) is 1. The standard InChI is InChI=1S/C20H17F2N3O2/c1-2-25-12-15(4-6-19(25)26)20(27)24-18-5-3-13(11-23-18)7-14-8-16(21)10-17(22)9-14/h3-6,8-12H,2,7H2,1H3,(H,23,24,27). The first-order chi connectivity index (χ1) is 12.9. The number of rotatable bonds is 5. The third-order valence-electron chi connectivity index (χ3n) is 3.98. The molecule has 0 unspecified atom stereocenters. The number of pyridine rings is 2. The molecule has 3 aromatic rings. The Morgan fingerprint density at radius 3 is 2.44 bits per heavy atom. The lowest BCUT2D eigenvalue weighted by atomic mass is 10.1. The molecule has 0 atom stereocenters. The van der Waals surface area contributed by atoms with Gasteiger partial charge in [-0.15, -0.1) is 0 Å². The van der Waals surface area contributed by atoms with Gasteiger partial charge in [0.15, 0.2) is 0 Å². The molecule has 0 saturated carbocycles. The summed E-state index contributed by atoms with van der Waals surface area (Å²) in [5, 5.41) is 2.65. The fourth-order valence-electron chi connectivity index (χ4n) is 2.65. The molecule has 138 valence electrons. The van der Waals surface area contributed by atoms with Crippen molar-refractivity contribution in [1.29, 1.82) is 0 Å². The van der Waals surface area contributed by atoms with Crippen LogP contribution in [0.25, 0.3) is 0 Å². The van der Waals surface area contributed by atoms with Crippen molar-refractivity contribution in [2.75, 3.05) is 5.32 Å². The Morgan fingerprint density at radius 2 is 1.81 bits per heavy atom. The zero-order valence-electron chi connectivity index (χ0n) is 14.6. The first-order valence-corrected chi connectivity index (χ1v) is 8.36. The minimum Gasteiger partial charge on any atom is -0.315 e. The third-order valence-corrected chi connectivity index (χ3v) is 3.98. The summed E-state index contributed by atoms with van der Waals surface area (Å²) in [6.45, 7) is 2.28. The molecule has 0 bridgehead atoms. The van der Waals surface area contributed by atoms with Crippen molar-refractivity contribution < 1.29 is 13.6 Å². The van der Waals surface area contributed by atoms with E-state index in [4.69, 9.17) is 0 Å². The van der Waals surface area contributed by atoms with Crippen molar-refractivity contribution >= 4 is 11.7 Å². The maximum Gasteiger partial charge on any atom is 0.258 e. The predicted octanol–water partition coefficient (Wildman–Crippen LogP) is 3.38. The van der Waals surface area contributed by atoms with E-state index in [1.165, 1.54) is 41.2 Å². The van der Waals surface area contributed by atoms with Crippen molar-refractivity contribution in [1.82, 2.24) is 9.55 Å². The molecule has 0 saturated heterocycles. The van der Waals surface area contributed by atoms with Gasteiger partial charge in [-0.1, -0.05) is 6.07 Å². The first-order valence-electron chi connectivity index (χ1n) is 8.36. The van der Waals surface area contributed by atoms with Gasteiger partial charge in [-0.25, -0.2) is 13.8 Å². The summed E-state index contributed by atoms with van der Waals surface area (Å²) in [5.74, 6) is -1.31. The van der Waals surface area contributed by atoms with Crippen molar-refractivity contribution in [3.8, 4) is 0 Å². The van der Waals surface area contributed by atoms with Crippen LogP contribution in [-0.4, -0.2) is 15.5 Å². The van der Waals surface area contributed by atoms with Crippen LogP contribution in [0.3, 0.4) is 0 Å². The van der Waals surface area contributed by atoms with Crippen molar-refractivity contribution in [2.45, 2.75) is 19.9 Å². The number of nitrogens with one attached hydrogen (secondary N) is 1. The van der Waals surface area contributed by atoms with Gasteiger partial charge >= 0.3 is 0 Å². The van der Waals surface area contributed by atoms with Gasteiger partial charge in [-0.2, -0.15) is 0 Å². The van der Waals surface area contributed by atoms with E-state index >= 15 is 0 Å². The SMILES string of the molecule is CCn1cc(C(=O)Nc2ccc(Cc3cc(F)cc(F)c3)cn2)ccc1=O. The van der Waals surface area contributed by atoms with E-state index in [0.29, 0.717) is 29.9 Å². The zero-order chi connectivity index (χ0) is 19.4. The number of aromatic nitrogens is 2. The number of benzene rings is 1. The zero-order valence-corrected chi connectivity index (χ0v) is 14.6. The number of carbonyl (C=O) groups excluding carboxylic acids is 1. The van der Waals surface area contributed by atoms with Gasteiger partial charge in [0.2, 0.25) is 0 Å². The molecule has 1 aromatic carbocycles. The molecule has 0 spiro atoms. The fourth-order valence-corrected chi connectivity index (χ4v) is 2.65. The second kappa shape index (κ2) is 7.90. The Balaban J connectivity index is 1.70. The molecule has 27 heavy (non-hydrogen) atoms. The Morgan fingerprint density at radius 1 is 1.07 bits per heavy atom. The number of halogens is 2. The van der Waals surface area contributed by atoms with Crippen LogP contribution in [0.15, 0.2) is 59.7 Å². The lowest BCUT2D eigenvalue weighted by Crippen LogP contribution is -2.21. The molecular formula is C20H17F2N3O2. The number of anilines is 1. The van der Waals surface area contributed by atoms with Gasteiger partial charge in [0.25, 0.3) is 11.5 Å². The summed E-state index contributed by atoms with van der Waals surface area (Å²) in [7, 11) is 0. The van der Waals surface area contributed by atoms with Crippen LogP contribution in [0.1, 0.15) is 28.4 Å². The summed E-state index contributed by atoms with van der Waals surface area (Å²) in [6, 6.07) is 9.48. The van der Waals surface area contributed by atoms with E-state index in [-0.39, 0.29) is 11.5 Å². The second-order valence-corrected chi connectivity index (χ2v) is 6.00. The average molecular weight is 369 g/mol. The summed E-state index contributed by atoms with van der Waals surface area (Å²) in [6.07, 6.45) is 3.34. The molecule has 0 aliphatic carbocycles. The highest BCUT2D eigenvalue weighted by Crippen LogP contribution is 2.14. The van der Waals surface area contributed by atoms with Gasteiger partial charge in [0.1, 0.15) is 17.5 Å². The Bertz CT molecular complexity index is 1010. The predicted molar refractivity (Wildman–Crippen MR) is 97.7 cm³/mol. The first kappa shape index (κ1) is 18.4. The molecule has 1 N–H and O–H groups in total. The number of aryl methyl sites for hydroxylation is 1. The molecule has 0 aliphatic rings. The number of hydrogen-bond acceptors (Lipinski definition) is 3. The highest BCUT2D eigenvalue weighted by molar-refractivity contribution is 6.03. The number of carbonyl (C=O) groups is 1. The van der Waals surface area contributed by atoms with Crippen molar-refractivity contribution in [3.05, 3.63) is 93.5 Å². The minimum atomic E-state index is -0.629. The fraction of sp³-hybridized carbons (Fsp3) is 0.150. The molecule has 0 aliphatic heterocycles. The summed E-state index contributed by atoms with van der Waals surface area (Å²) in [4.78, 5) is 28.0. The van der Waals surface area contributed by atoms with E-state index in [1.54, 1.807) is 12.1 Å². The highest BCUT2D eigenvalue weighted by atomic mass is 19.1. The van der Waals surface area contributed by atoms with Gasteiger partial charge in [0, 0.05) is 31.1 Å². The minimum absolute atomic E-state index is 0.176. The van der Waals surface area contributed by atoms with Crippen LogP contribution in [0.2, 0.25) is 0 Å². The van der Waals surface area contributed by atoms with Crippen molar-refractivity contribution in [3.63, 3.8) is 0 Å². The van der Waals surface area contributed by atoms with Gasteiger partial charge in [-0.3, -0.25) is 9.59 Å². The topological polar surface area (TPSA) is 64.0 Å². The van der Waals surface area contributed by atoms with Crippen LogP contribution in [0.5, 0.6) is 0 Å². The van der Waals surface area contributed by atoms with Gasteiger partial charge in [0.05, 0.1) is 5.56 Å². The third kappa shape index (κ3) is 4.63. The van der Waals surface area contributed by atoms with Crippen LogP contribution in [0.4, 0.5) is 14.6 Å². The van der Waals surface area contributed by atoms with E-state index < -0.39 is 11.6 Å². The molecule has 7 heteroatoms. The molecule has 1 amide bonds. The molecule has 2 heterocycles. The summed E-state index contributed by atoms with van der Waals surface area (Å²) < 4.78 is 27.9. The molecule has 3 rings (SSSR count). The van der Waals surface area contributed by atoms with Crippen LogP contribution >= 0.6 is 0 Å². The van der Waals surface area contributed by atoms with Crippen LogP contribution in [-0.2, 0) is 13.0 Å². The molecule has 5 nitrogen and oxygen atoms in total. The Labute approximate surface area is 154 Å². The lowest BCUT2D eigenvalue weighted by Gasteiger charge is -2.08. The van der Waals surface area contributed by atoms with E-state index in [9.17, 15) is 18.4 Å². The smallest absolute Gasteiger partial charge is 0.258 e. The monoisotopic (exact) mass is 369 g/mol. The molecule has 0 radical (unpaired) electrons. The average Bonchev–Trinajstić information content (AvgIpc) is 2.63. The van der Waals surface area contributed by atoms with Gasteiger partial charge in [-0.05, 0) is 48.7 Å². The number of amides is 1. The Kier molecular flexibility index (Phi) is 5.40. The summed E-state index contributed by atoms with van der Waals surface area (Å²) >= 11 is 0.